The van der Waals surface area contributed by atoms with Crippen molar-refractivity contribution in [1.82, 2.24) is 0 Å². The van der Waals surface area contributed by atoms with Crippen LogP contribution in [0, 0.1) is 16.0 Å². The smallest absolute Gasteiger partial charge is 0.315 e. The maximum absolute atomic E-state index is 11.4. The van der Waals surface area contributed by atoms with Crippen LogP contribution in [0.3, 0.4) is 0 Å². The molecule has 2 N–H and O–H groups in total. The molecule has 1 fully saturated rings. The zero-order valence-corrected chi connectivity index (χ0v) is 13.2. The third-order valence-electron chi connectivity index (χ3n) is 3.71. The largest absolute Gasteiger partial charge is 0.379 e. The molecule has 2 rings (SSSR count). The topological polar surface area (TPSA) is 67.2 Å². The van der Waals surface area contributed by atoms with Crippen molar-refractivity contribution < 1.29 is 4.92 Å². The van der Waals surface area contributed by atoms with Crippen molar-refractivity contribution in [3.8, 4) is 0 Å². The van der Waals surface area contributed by atoms with Crippen molar-refractivity contribution in [3.63, 3.8) is 0 Å². The van der Waals surface area contributed by atoms with Gasteiger partial charge in [0.15, 0.2) is 0 Å². The van der Waals surface area contributed by atoms with Crippen LogP contribution in [-0.2, 0) is 0 Å². The first-order chi connectivity index (χ1) is 10.2. The monoisotopic (exact) mass is 309 g/mol. The molecule has 0 amide bonds. The highest BCUT2D eigenvalue weighted by molar-refractivity contribution is 7.99. The van der Waals surface area contributed by atoms with E-state index in [-0.39, 0.29) is 10.6 Å². The molecule has 1 aliphatic heterocycles. The maximum Gasteiger partial charge on any atom is 0.315 e. The fourth-order valence-electron chi connectivity index (χ4n) is 2.49. The minimum atomic E-state index is -0.295. The average molecular weight is 309 g/mol. The second-order valence-corrected chi connectivity index (χ2v) is 6.55. The van der Waals surface area contributed by atoms with Crippen molar-refractivity contribution in [1.29, 1.82) is 0 Å². The van der Waals surface area contributed by atoms with E-state index in [0.717, 1.165) is 19.5 Å². The van der Waals surface area contributed by atoms with Crippen molar-refractivity contribution in [3.05, 3.63) is 28.3 Å². The molecule has 1 aromatic carbocycles. The second kappa shape index (κ2) is 8.12. The SMILES string of the molecule is CCCNc1cccc(NCC2CCSCC2)c1[N+](=O)[O-]. The quantitative estimate of drug-likeness (QED) is 0.589. The van der Waals surface area contributed by atoms with E-state index in [9.17, 15) is 10.1 Å². The number of hydrogen-bond acceptors (Lipinski definition) is 5. The summed E-state index contributed by atoms with van der Waals surface area (Å²) in [5, 5.41) is 17.8. The summed E-state index contributed by atoms with van der Waals surface area (Å²) >= 11 is 1.99. The Morgan fingerprint density at radius 2 is 1.95 bits per heavy atom. The van der Waals surface area contributed by atoms with E-state index in [0.29, 0.717) is 17.3 Å². The number of nitrogens with zero attached hydrogens (tertiary/aromatic N) is 1. The van der Waals surface area contributed by atoms with E-state index in [1.807, 2.05) is 24.8 Å². The summed E-state index contributed by atoms with van der Waals surface area (Å²) in [4.78, 5) is 11.1. The number of nitro groups is 1. The molecular formula is C15H23N3O2S. The molecule has 1 saturated heterocycles. The van der Waals surface area contributed by atoms with Gasteiger partial charge in [0.2, 0.25) is 0 Å². The van der Waals surface area contributed by atoms with Crippen molar-refractivity contribution >= 4 is 28.8 Å². The van der Waals surface area contributed by atoms with Crippen LogP contribution in [0.4, 0.5) is 17.1 Å². The summed E-state index contributed by atoms with van der Waals surface area (Å²) in [7, 11) is 0. The van der Waals surface area contributed by atoms with Gasteiger partial charge in [-0.15, -0.1) is 0 Å². The molecule has 0 aliphatic carbocycles. The molecule has 0 bridgehead atoms. The van der Waals surface area contributed by atoms with Gasteiger partial charge >= 0.3 is 5.69 Å². The number of anilines is 2. The average Bonchev–Trinajstić information content (AvgIpc) is 2.51. The third kappa shape index (κ3) is 4.52. The first-order valence-corrected chi connectivity index (χ1v) is 8.70. The Hall–Kier alpha value is -1.43. The molecule has 1 heterocycles. The van der Waals surface area contributed by atoms with Crippen LogP contribution >= 0.6 is 11.8 Å². The summed E-state index contributed by atoms with van der Waals surface area (Å²) in [5.74, 6) is 3.03. The van der Waals surface area contributed by atoms with E-state index in [2.05, 4.69) is 10.6 Å². The third-order valence-corrected chi connectivity index (χ3v) is 4.75. The maximum atomic E-state index is 11.4. The number of nitro benzene ring substituents is 1. The highest BCUT2D eigenvalue weighted by atomic mass is 32.2. The van der Waals surface area contributed by atoms with Gasteiger partial charge in [-0.25, -0.2) is 0 Å². The lowest BCUT2D eigenvalue weighted by molar-refractivity contribution is -0.383. The van der Waals surface area contributed by atoms with Crippen LogP contribution in [0.15, 0.2) is 18.2 Å². The molecule has 6 heteroatoms. The Morgan fingerprint density at radius 3 is 2.57 bits per heavy atom. The molecule has 0 atom stereocenters. The van der Waals surface area contributed by atoms with Crippen LogP contribution in [0.2, 0.25) is 0 Å². The van der Waals surface area contributed by atoms with Crippen LogP contribution in [-0.4, -0.2) is 29.5 Å². The lowest BCUT2D eigenvalue weighted by atomic mass is 10.0. The van der Waals surface area contributed by atoms with Crippen molar-refractivity contribution in [2.24, 2.45) is 5.92 Å². The lowest BCUT2D eigenvalue weighted by Gasteiger charge is -2.22. The minimum Gasteiger partial charge on any atom is -0.379 e. The zero-order chi connectivity index (χ0) is 15.1. The van der Waals surface area contributed by atoms with E-state index in [1.54, 1.807) is 12.1 Å². The fraction of sp³-hybridized carbons (Fsp3) is 0.600. The van der Waals surface area contributed by atoms with Gasteiger partial charge in [-0.2, -0.15) is 11.8 Å². The van der Waals surface area contributed by atoms with Gasteiger partial charge in [0.1, 0.15) is 11.4 Å². The number of benzene rings is 1. The molecule has 0 spiro atoms. The van der Waals surface area contributed by atoms with Gasteiger partial charge in [-0.1, -0.05) is 13.0 Å². The zero-order valence-electron chi connectivity index (χ0n) is 12.4. The number of rotatable bonds is 7. The molecule has 0 radical (unpaired) electrons. The minimum absolute atomic E-state index is 0.163. The summed E-state index contributed by atoms with van der Waals surface area (Å²) in [5.41, 5.74) is 1.39. The Labute approximate surface area is 130 Å². The summed E-state index contributed by atoms with van der Waals surface area (Å²) < 4.78 is 0. The molecule has 21 heavy (non-hydrogen) atoms. The Morgan fingerprint density at radius 1 is 1.29 bits per heavy atom. The number of nitrogens with one attached hydrogen (secondary N) is 2. The van der Waals surface area contributed by atoms with Crippen molar-refractivity contribution in [2.45, 2.75) is 26.2 Å². The summed E-state index contributed by atoms with van der Waals surface area (Å²) in [6.07, 6.45) is 3.33. The predicted molar refractivity (Wildman–Crippen MR) is 90.4 cm³/mol. The van der Waals surface area contributed by atoms with E-state index < -0.39 is 0 Å². The van der Waals surface area contributed by atoms with Gasteiger partial charge in [-0.05, 0) is 48.8 Å². The van der Waals surface area contributed by atoms with Crippen LogP contribution < -0.4 is 10.6 Å². The van der Waals surface area contributed by atoms with E-state index >= 15 is 0 Å². The Bertz CT molecular complexity index is 476. The number of hydrogen-bond donors (Lipinski definition) is 2. The van der Waals surface area contributed by atoms with Gasteiger partial charge < -0.3 is 10.6 Å². The number of thioether (sulfide) groups is 1. The van der Waals surface area contributed by atoms with E-state index in [4.69, 9.17) is 0 Å². The predicted octanol–water partition coefficient (Wildman–Crippen LogP) is 3.97. The highest BCUT2D eigenvalue weighted by Gasteiger charge is 2.20. The molecule has 1 aromatic rings. The van der Waals surface area contributed by atoms with Crippen LogP contribution in [0.5, 0.6) is 0 Å². The highest BCUT2D eigenvalue weighted by Crippen LogP contribution is 2.33. The number of para-hydroxylation sites is 1. The fourth-order valence-corrected chi connectivity index (χ4v) is 3.69. The Balaban J connectivity index is 2.07. The van der Waals surface area contributed by atoms with Crippen LogP contribution in [0.1, 0.15) is 26.2 Å². The normalized spacial score (nSPS) is 15.7. The van der Waals surface area contributed by atoms with Crippen LogP contribution in [0.25, 0.3) is 0 Å². The molecular weight excluding hydrogens is 286 g/mol. The first-order valence-electron chi connectivity index (χ1n) is 7.55. The molecule has 0 aromatic heterocycles. The molecule has 0 unspecified atom stereocenters. The van der Waals surface area contributed by atoms with E-state index in [1.165, 1.54) is 24.3 Å². The standard InChI is InChI=1S/C15H23N3O2S/c1-2-8-16-13-4-3-5-14(15(13)18(19)20)17-11-12-6-9-21-10-7-12/h3-5,12,16-17H,2,6-11H2,1H3. The molecule has 0 saturated carbocycles. The Kier molecular flexibility index (Phi) is 6.17. The van der Waals surface area contributed by atoms with Crippen molar-refractivity contribution in [2.75, 3.05) is 35.2 Å². The van der Waals surface area contributed by atoms with Gasteiger partial charge in [-0.3, -0.25) is 10.1 Å². The molecule has 5 nitrogen and oxygen atoms in total. The summed E-state index contributed by atoms with van der Waals surface area (Å²) in [6.45, 7) is 3.60. The second-order valence-electron chi connectivity index (χ2n) is 5.32. The van der Waals surface area contributed by atoms with Gasteiger partial charge in [0, 0.05) is 13.1 Å². The molecule has 1 aliphatic rings. The summed E-state index contributed by atoms with van der Waals surface area (Å²) in [6, 6.07) is 5.44. The van der Waals surface area contributed by atoms with Gasteiger partial charge in [0.25, 0.3) is 0 Å². The first kappa shape index (κ1) is 15.9. The molecule has 116 valence electrons. The lowest BCUT2D eigenvalue weighted by Crippen LogP contribution is -2.19. The van der Waals surface area contributed by atoms with Gasteiger partial charge in [0.05, 0.1) is 4.92 Å².